The van der Waals surface area contributed by atoms with Crippen molar-refractivity contribution in [3.8, 4) is 0 Å². The third-order valence-electron chi connectivity index (χ3n) is 4.08. The second kappa shape index (κ2) is 5.03. The van der Waals surface area contributed by atoms with Crippen molar-refractivity contribution < 1.29 is 4.74 Å². The normalized spacial score (nSPS) is 30.6. The summed E-state index contributed by atoms with van der Waals surface area (Å²) in [7, 11) is 0. The molecule has 1 heterocycles. The summed E-state index contributed by atoms with van der Waals surface area (Å²) in [6, 6.07) is 0.629. The topological polar surface area (TPSA) is 38.5 Å². The predicted molar refractivity (Wildman–Crippen MR) is 66.4 cm³/mol. The molecule has 16 heavy (non-hydrogen) atoms. The van der Waals surface area contributed by atoms with E-state index in [-0.39, 0.29) is 5.41 Å². The second-order valence-corrected chi connectivity index (χ2v) is 5.97. The maximum atomic E-state index is 5.96. The van der Waals surface area contributed by atoms with E-state index in [0.29, 0.717) is 6.04 Å². The summed E-state index contributed by atoms with van der Waals surface area (Å²) in [4.78, 5) is 2.61. The van der Waals surface area contributed by atoms with Crippen LogP contribution < -0.4 is 5.73 Å². The summed E-state index contributed by atoms with van der Waals surface area (Å²) in [6.07, 6.45) is 3.99. The molecule has 3 nitrogen and oxygen atoms in total. The van der Waals surface area contributed by atoms with E-state index in [4.69, 9.17) is 10.5 Å². The zero-order valence-electron chi connectivity index (χ0n) is 10.7. The molecule has 0 spiro atoms. The Labute approximate surface area is 99.3 Å². The van der Waals surface area contributed by atoms with Gasteiger partial charge in [0.25, 0.3) is 0 Å². The van der Waals surface area contributed by atoms with Crippen molar-refractivity contribution in [2.24, 2.45) is 17.1 Å². The van der Waals surface area contributed by atoms with Crippen molar-refractivity contribution in [2.45, 2.75) is 39.2 Å². The fraction of sp³-hybridized carbons (Fsp3) is 1.00. The minimum atomic E-state index is 0.235. The average molecular weight is 226 g/mol. The van der Waals surface area contributed by atoms with Gasteiger partial charge in [0.2, 0.25) is 0 Å². The van der Waals surface area contributed by atoms with E-state index in [0.717, 1.165) is 38.6 Å². The molecule has 0 aromatic carbocycles. The van der Waals surface area contributed by atoms with Gasteiger partial charge in [-0.1, -0.05) is 0 Å². The van der Waals surface area contributed by atoms with E-state index in [1.807, 2.05) is 0 Å². The molecule has 3 heteroatoms. The summed E-state index contributed by atoms with van der Waals surface area (Å²) >= 11 is 0. The van der Waals surface area contributed by atoms with Gasteiger partial charge in [-0.2, -0.15) is 0 Å². The first-order chi connectivity index (χ1) is 7.65. The van der Waals surface area contributed by atoms with Gasteiger partial charge in [0.05, 0.1) is 6.61 Å². The van der Waals surface area contributed by atoms with Crippen LogP contribution in [0.3, 0.4) is 0 Å². The number of hydrogen-bond donors (Lipinski definition) is 1. The molecule has 1 unspecified atom stereocenters. The first-order valence-electron chi connectivity index (χ1n) is 6.67. The summed E-state index contributed by atoms with van der Waals surface area (Å²) in [6.45, 7) is 9.49. The van der Waals surface area contributed by atoms with Crippen LogP contribution in [-0.2, 0) is 4.74 Å². The Morgan fingerprint density at radius 2 is 2.19 bits per heavy atom. The fourth-order valence-corrected chi connectivity index (χ4v) is 2.52. The monoisotopic (exact) mass is 226 g/mol. The quantitative estimate of drug-likeness (QED) is 0.745. The Kier molecular flexibility index (Phi) is 3.88. The summed E-state index contributed by atoms with van der Waals surface area (Å²) in [5, 5.41) is 0. The highest BCUT2D eigenvalue weighted by molar-refractivity contribution is 4.89. The summed E-state index contributed by atoms with van der Waals surface area (Å²) < 4.78 is 5.55. The first kappa shape index (κ1) is 12.3. The molecule has 1 aliphatic carbocycles. The maximum Gasteiger partial charge on any atom is 0.0547 e. The minimum absolute atomic E-state index is 0.235. The van der Waals surface area contributed by atoms with Crippen molar-refractivity contribution in [3.63, 3.8) is 0 Å². The van der Waals surface area contributed by atoms with Crippen molar-refractivity contribution in [1.29, 1.82) is 0 Å². The van der Waals surface area contributed by atoms with E-state index >= 15 is 0 Å². The second-order valence-electron chi connectivity index (χ2n) is 5.97. The summed E-state index contributed by atoms with van der Waals surface area (Å²) in [5.74, 6) is 0.958. The summed E-state index contributed by atoms with van der Waals surface area (Å²) in [5.41, 5.74) is 6.19. The van der Waals surface area contributed by atoms with Gasteiger partial charge in [-0.05, 0) is 39.0 Å². The lowest BCUT2D eigenvalue weighted by atomic mass is 9.86. The van der Waals surface area contributed by atoms with Gasteiger partial charge in [0.1, 0.15) is 0 Å². The number of hydrogen-bond acceptors (Lipinski definition) is 3. The molecule has 0 aromatic heterocycles. The zero-order chi connectivity index (χ0) is 11.6. The van der Waals surface area contributed by atoms with Crippen LogP contribution in [0.15, 0.2) is 0 Å². The smallest absolute Gasteiger partial charge is 0.0547 e. The van der Waals surface area contributed by atoms with Gasteiger partial charge in [0.15, 0.2) is 0 Å². The lowest BCUT2D eigenvalue weighted by molar-refractivity contribution is 0.0957. The largest absolute Gasteiger partial charge is 0.381 e. The minimum Gasteiger partial charge on any atom is -0.381 e. The van der Waals surface area contributed by atoms with E-state index in [9.17, 15) is 0 Å². The highest BCUT2D eigenvalue weighted by Crippen LogP contribution is 2.33. The Hall–Kier alpha value is -0.120. The maximum absolute atomic E-state index is 5.96. The van der Waals surface area contributed by atoms with Crippen LogP contribution in [0.25, 0.3) is 0 Å². The van der Waals surface area contributed by atoms with Crippen molar-refractivity contribution >= 4 is 0 Å². The molecule has 0 aromatic rings. The molecule has 2 fully saturated rings. The van der Waals surface area contributed by atoms with Gasteiger partial charge in [0, 0.05) is 37.7 Å². The molecule has 2 rings (SSSR count). The third-order valence-corrected chi connectivity index (χ3v) is 4.08. The van der Waals surface area contributed by atoms with E-state index < -0.39 is 0 Å². The average Bonchev–Trinajstić information content (AvgIpc) is 2.95. The van der Waals surface area contributed by atoms with Gasteiger partial charge < -0.3 is 10.5 Å². The van der Waals surface area contributed by atoms with Crippen molar-refractivity contribution in [3.05, 3.63) is 0 Å². The van der Waals surface area contributed by atoms with Crippen LogP contribution in [0, 0.1) is 11.3 Å². The van der Waals surface area contributed by atoms with Crippen LogP contribution in [0.2, 0.25) is 0 Å². The first-order valence-corrected chi connectivity index (χ1v) is 6.67. The lowest BCUT2D eigenvalue weighted by Crippen LogP contribution is -2.46. The molecule has 1 aliphatic heterocycles. The molecule has 1 saturated carbocycles. The van der Waals surface area contributed by atoms with Crippen LogP contribution in [0.5, 0.6) is 0 Å². The molecular formula is C13H26N2O. The zero-order valence-corrected chi connectivity index (χ0v) is 10.7. The van der Waals surface area contributed by atoms with Gasteiger partial charge >= 0.3 is 0 Å². The van der Waals surface area contributed by atoms with E-state index in [1.165, 1.54) is 19.4 Å². The number of nitrogens with zero attached hydrogens (tertiary/aromatic N) is 1. The van der Waals surface area contributed by atoms with Crippen molar-refractivity contribution in [2.75, 3.05) is 32.8 Å². The van der Waals surface area contributed by atoms with E-state index in [1.54, 1.807) is 0 Å². The third kappa shape index (κ3) is 2.96. The van der Waals surface area contributed by atoms with Gasteiger partial charge in [-0.3, -0.25) is 4.90 Å². The molecular weight excluding hydrogens is 200 g/mol. The highest BCUT2D eigenvalue weighted by atomic mass is 16.5. The van der Waals surface area contributed by atoms with Crippen LogP contribution >= 0.6 is 0 Å². The van der Waals surface area contributed by atoms with Crippen molar-refractivity contribution in [1.82, 2.24) is 4.90 Å². The van der Waals surface area contributed by atoms with Crippen LogP contribution in [0.4, 0.5) is 0 Å². The molecule has 2 aliphatic rings. The Balaban J connectivity index is 1.91. The SMILES string of the molecule is CC(C)N(CC1CC1)CC1(CN)CCOC1. The Morgan fingerprint density at radius 1 is 1.44 bits per heavy atom. The molecule has 94 valence electrons. The molecule has 2 N–H and O–H groups in total. The number of rotatable bonds is 6. The molecule has 0 radical (unpaired) electrons. The predicted octanol–water partition coefficient (Wildman–Crippen LogP) is 1.47. The van der Waals surface area contributed by atoms with Gasteiger partial charge in [-0.25, -0.2) is 0 Å². The molecule has 0 amide bonds. The number of ether oxygens (including phenoxy) is 1. The lowest BCUT2D eigenvalue weighted by Gasteiger charge is -2.36. The molecule has 0 bridgehead atoms. The Bertz CT molecular complexity index is 220. The Morgan fingerprint density at radius 3 is 2.62 bits per heavy atom. The van der Waals surface area contributed by atoms with Crippen LogP contribution in [-0.4, -0.2) is 43.8 Å². The highest BCUT2D eigenvalue weighted by Gasteiger charge is 2.37. The molecule has 1 saturated heterocycles. The fourth-order valence-electron chi connectivity index (χ4n) is 2.52. The standard InChI is InChI=1S/C13H26N2O/c1-11(2)15(7-12-3-4-12)9-13(8-14)5-6-16-10-13/h11-12H,3-10,14H2,1-2H3. The number of nitrogens with two attached hydrogens (primary N) is 1. The van der Waals surface area contributed by atoms with Crippen LogP contribution in [0.1, 0.15) is 33.1 Å². The van der Waals surface area contributed by atoms with E-state index in [2.05, 4.69) is 18.7 Å². The molecule has 1 atom stereocenters. The van der Waals surface area contributed by atoms with Gasteiger partial charge in [-0.15, -0.1) is 0 Å².